The van der Waals surface area contributed by atoms with Gasteiger partial charge in [0, 0.05) is 12.1 Å². The van der Waals surface area contributed by atoms with Crippen molar-refractivity contribution in [2.45, 2.75) is 32.2 Å². The lowest BCUT2D eigenvalue weighted by Crippen LogP contribution is -2.25. The number of hydrogen-bond acceptors (Lipinski definition) is 8. The molecule has 164 valence electrons. The van der Waals surface area contributed by atoms with E-state index in [-0.39, 0.29) is 30.9 Å². The number of hydrazine groups is 1. The second-order valence-corrected chi connectivity index (χ2v) is 7.68. The average Bonchev–Trinajstić information content (AvgIpc) is 3.54. The first-order valence-electron chi connectivity index (χ1n) is 10.2. The summed E-state index contributed by atoms with van der Waals surface area (Å²) >= 11 is 0. The van der Waals surface area contributed by atoms with E-state index in [4.69, 9.17) is 14.3 Å². The van der Waals surface area contributed by atoms with Crippen molar-refractivity contribution in [3.8, 4) is 5.75 Å². The number of aromatic nitrogens is 2. The van der Waals surface area contributed by atoms with E-state index in [1.54, 1.807) is 29.3 Å². The Hall–Kier alpha value is -3.76. The summed E-state index contributed by atoms with van der Waals surface area (Å²) in [7, 11) is 0. The molecule has 1 fully saturated rings. The third kappa shape index (κ3) is 4.05. The van der Waals surface area contributed by atoms with Crippen LogP contribution in [0.25, 0.3) is 0 Å². The first kappa shape index (κ1) is 20.2. The van der Waals surface area contributed by atoms with Crippen molar-refractivity contribution in [2.75, 3.05) is 6.54 Å². The average molecular weight is 435 g/mol. The minimum atomic E-state index is -1.22. The summed E-state index contributed by atoms with van der Waals surface area (Å²) in [5, 5.41) is 8.96. The minimum absolute atomic E-state index is 0.180. The number of nitrogens with one attached hydrogen (secondary N) is 2. The quantitative estimate of drug-likeness (QED) is 0.532. The van der Waals surface area contributed by atoms with Crippen LogP contribution in [0.2, 0.25) is 0 Å². The van der Waals surface area contributed by atoms with E-state index in [1.165, 1.54) is 0 Å². The standard InChI is InChI=1S/C22H21N5O5/c28-21(27-10-18-19(11-27)32-20(25-18)22(29)30)14-3-1-2-13(8-14)12-31-15-4-5-16(23-9-15)17-6-7-24-26-17/h1-5,8-9,17,24,26H,6-7,10-12H2,(H,29,30). The Morgan fingerprint density at radius 2 is 2.16 bits per heavy atom. The molecule has 1 unspecified atom stereocenters. The predicted octanol–water partition coefficient (Wildman–Crippen LogP) is 2.04. The maximum atomic E-state index is 12.9. The Bertz CT molecular complexity index is 1130. The topological polar surface area (TPSA) is 130 Å². The zero-order valence-corrected chi connectivity index (χ0v) is 17.1. The summed E-state index contributed by atoms with van der Waals surface area (Å²) < 4.78 is 11.1. The number of ether oxygens (including phenoxy) is 1. The molecule has 3 N–H and O–H groups in total. The number of hydrogen-bond donors (Lipinski definition) is 3. The first-order chi connectivity index (χ1) is 15.6. The molecule has 1 amide bonds. The molecule has 4 heterocycles. The lowest BCUT2D eigenvalue weighted by Gasteiger charge is -2.16. The highest BCUT2D eigenvalue weighted by atomic mass is 16.5. The lowest BCUT2D eigenvalue weighted by molar-refractivity contribution is 0.0647. The fourth-order valence-corrected chi connectivity index (χ4v) is 3.81. The van der Waals surface area contributed by atoms with E-state index in [9.17, 15) is 9.59 Å². The Balaban J connectivity index is 1.20. The molecule has 1 atom stereocenters. The van der Waals surface area contributed by atoms with Gasteiger partial charge in [-0.25, -0.2) is 15.2 Å². The van der Waals surface area contributed by atoms with E-state index in [0.29, 0.717) is 29.4 Å². The maximum absolute atomic E-state index is 12.9. The summed E-state index contributed by atoms with van der Waals surface area (Å²) in [6, 6.07) is 11.3. The van der Waals surface area contributed by atoms with E-state index in [1.807, 2.05) is 18.2 Å². The van der Waals surface area contributed by atoms with Crippen molar-refractivity contribution < 1.29 is 23.8 Å². The molecular weight excluding hydrogens is 414 g/mol. The molecule has 0 spiro atoms. The summed E-state index contributed by atoms with van der Waals surface area (Å²) in [5.74, 6) is -0.682. The van der Waals surface area contributed by atoms with Crippen LogP contribution in [0.5, 0.6) is 5.75 Å². The zero-order chi connectivity index (χ0) is 22.1. The van der Waals surface area contributed by atoms with Gasteiger partial charge in [0.2, 0.25) is 0 Å². The number of carbonyl (C=O) groups is 2. The van der Waals surface area contributed by atoms with Gasteiger partial charge in [-0.3, -0.25) is 15.2 Å². The van der Waals surface area contributed by atoms with Crippen LogP contribution in [0.15, 0.2) is 47.0 Å². The Labute approximate surface area is 183 Å². The van der Waals surface area contributed by atoms with Gasteiger partial charge in [0.05, 0.1) is 31.0 Å². The molecule has 0 saturated carbocycles. The van der Waals surface area contributed by atoms with Crippen LogP contribution in [0.3, 0.4) is 0 Å². The molecule has 10 heteroatoms. The number of aromatic carboxylic acids is 1. The van der Waals surface area contributed by atoms with Gasteiger partial charge in [0.15, 0.2) is 0 Å². The van der Waals surface area contributed by atoms with Crippen LogP contribution in [-0.2, 0) is 19.7 Å². The van der Waals surface area contributed by atoms with E-state index in [0.717, 1.165) is 24.2 Å². The number of carboxylic acids is 1. The second kappa shape index (κ2) is 8.40. The van der Waals surface area contributed by atoms with Crippen LogP contribution < -0.4 is 15.6 Å². The number of pyridine rings is 1. The highest BCUT2D eigenvalue weighted by Gasteiger charge is 2.30. The van der Waals surface area contributed by atoms with Gasteiger partial charge in [-0.05, 0) is 36.2 Å². The fourth-order valence-electron chi connectivity index (χ4n) is 3.81. The van der Waals surface area contributed by atoms with Gasteiger partial charge in [0.1, 0.15) is 23.8 Å². The molecule has 2 aliphatic heterocycles. The molecule has 1 saturated heterocycles. The van der Waals surface area contributed by atoms with E-state index >= 15 is 0 Å². The van der Waals surface area contributed by atoms with Gasteiger partial charge in [-0.2, -0.15) is 0 Å². The molecule has 1 aromatic carbocycles. The minimum Gasteiger partial charge on any atom is -0.487 e. The number of rotatable bonds is 6. The van der Waals surface area contributed by atoms with Gasteiger partial charge >= 0.3 is 11.9 Å². The molecule has 0 aliphatic carbocycles. The van der Waals surface area contributed by atoms with Crippen LogP contribution in [0, 0.1) is 0 Å². The smallest absolute Gasteiger partial charge is 0.392 e. The molecular formula is C22H21N5O5. The molecule has 2 aromatic heterocycles. The van der Waals surface area contributed by atoms with Gasteiger partial charge in [-0.15, -0.1) is 0 Å². The van der Waals surface area contributed by atoms with Crippen molar-refractivity contribution in [3.05, 3.63) is 76.8 Å². The van der Waals surface area contributed by atoms with Gasteiger partial charge < -0.3 is 19.2 Å². The van der Waals surface area contributed by atoms with Crippen LogP contribution in [0.4, 0.5) is 0 Å². The molecule has 0 radical (unpaired) electrons. The number of nitrogens with zero attached hydrogens (tertiary/aromatic N) is 3. The molecule has 3 aromatic rings. The number of amides is 1. The summed E-state index contributed by atoms with van der Waals surface area (Å²) in [6.45, 7) is 1.63. The number of benzene rings is 1. The molecule has 5 rings (SSSR count). The molecule has 32 heavy (non-hydrogen) atoms. The highest BCUT2D eigenvalue weighted by Crippen LogP contribution is 2.25. The van der Waals surface area contributed by atoms with Gasteiger partial charge in [0.25, 0.3) is 5.91 Å². The zero-order valence-electron chi connectivity index (χ0n) is 17.1. The summed E-state index contributed by atoms with van der Waals surface area (Å²) in [5.41, 5.74) is 9.08. The Morgan fingerprint density at radius 3 is 2.88 bits per heavy atom. The first-order valence-corrected chi connectivity index (χ1v) is 10.2. The van der Waals surface area contributed by atoms with Crippen molar-refractivity contribution in [1.29, 1.82) is 0 Å². The number of carbonyl (C=O) groups excluding carboxylic acids is 1. The third-order valence-corrected chi connectivity index (χ3v) is 5.45. The maximum Gasteiger partial charge on any atom is 0.392 e. The third-order valence-electron chi connectivity index (χ3n) is 5.45. The number of fused-ring (bicyclic) bond motifs is 1. The number of carboxylic acid groups (broad SMARTS) is 1. The second-order valence-electron chi connectivity index (χ2n) is 7.68. The highest BCUT2D eigenvalue weighted by molar-refractivity contribution is 5.94. The van der Waals surface area contributed by atoms with Crippen molar-refractivity contribution in [2.24, 2.45) is 0 Å². The normalized spacial score (nSPS) is 17.4. The number of oxazole rings is 1. The van der Waals surface area contributed by atoms with Crippen molar-refractivity contribution in [3.63, 3.8) is 0 Å². The van der Waals surface area contributed by atoms with E-state index in [2.05, 4.69) is 20.8 Å². The van der Waals surface area contributed by atoms with Gasteiger partial charge in [-0.1, -0.05) is 12.1 Å². The Morgan fingerprint density at radius 1 is 1.25 bits per heavy atom. The fraction of sp³-hybridized carbons (Fsp3) is 0.273. The van der Waals surface area contributed by atoms with Crippen LogP contribution in [-0.4, -0.2) is 38.4 Å². The van der Waals surface area contributed by atoms with Crippen molar-refractivity contribution in [1.82, 2.24) is 25.7 Å². The predicted molar refractivity (Wildman–Crippen MR) is 111 cm³/mol. The summed E-state index contributed by atoms with van der Waals surface area (Å²) in [6.07, 6.45) is 2.69. The van der Waals surface area contributed by atoms with Crippen LogP contribution >= 0.6 is 0 Å². The van der Waals surface area contributed by atoms with Crippen molar-refractivity contribution >= 4 is 11.9 Å². The Kier molecular flexibility index (Phi) is 5.29. The van der Waals surface area contributed by atoms with E-state index < -0.39 is 5.97 Å². The van der Waals surface area contributed by atoms with Crippen LogP contribution in [0.1, 0.15) is 56.2 Å². The largest absolute Gasteiger partial charge is 0.487 e. The SMILES string of the molecule is O=C(O)c1nc2c(o1)CN(C(=O)c1cccc(COc3ccc(C4CCNN4)nc3)c1)C2. The monoisotopic (exact) mass is 435 g/mol. The molecule has 2 aliphatic rings. The molecule has 10 nitrogen and oxygen atoms in total. The molecule has 0 bridgehead atoms. The summed E-state index contributed by atoms with van der Waals surface area (Å²) in [4.78, 5) is 33.8. The lowest BCUT2D eigenvalue weighted by atomic mass is 10.1.